The first-order valence-electron chi connectivity index (χ1n) is 9.97. The van der Waals surface area contributed by atoms with Crippen molar-refractivity contribution in [1.82, 2.24) is 0 Å². The normalized spacial score (nSPS) is 12.4. The maximum atomic E-state index is 11.3. The van der Waals surface area contributed by atoms with E-state index in [1.54, 1.807) is 6.07 Å². The van der Waals surface area contributed by atoms with E-state index in [0.29, 0.717) is 5.76 Å². The second kappa shape index (κ2) is 13.1. The summed E-state index contributed by atoms with van der Waals surface area (Å²) in [6.07, 6.45) is 17.1. The van der Waals surface area contributed by atoms with E-state index < -0.39 is 5.63 Å². The van der Waals surface area contributed by atoms with Crippen LogP contribution in [0.25, 0.3) is 0 Å². The second-order valence-electron chi connectivity index (χ2n) is 7.12. The minimum absolute atomic E-state index is 0.00259. The quantitative estimate of drug-likeness (QED) is 0.392. The van der Waals surface area contributed by atoms with Crippen LogP contribution in [0.1, 0.15) is 109 Å². The van der Waals surface area contributed by atoms with Gasteiger partial charge in [-0.15, -0.1) is 0 Å². The topological polar surface area (TPSA) is 50.4 Å². The molecule has 138 valence electrons. The zero-order valence-electron chi connectivity index (χ0n) is 15.7. The lowest BCUT2D eigenvalue weighted by Gasteiger charge is -2.10. The number of hydrogen-bond acceptors (Lipinski definition) is 3. The van der Waals surface area contributed by atoms with E-state index in [0.717, 1.165) is 18.9 Å². The third-order valence-electron chi connectivity index (χ3n) is 4.75. The van der Waals surface area contributed by atoms with Gasteiger partial charge in [0.1, 0.15) is 11.5 Å². The summed E-state index contributed by atoms with van der Waals surface area (Å²) in [7, 11) is 0. The lowest BCUT2D eigenvalue weighted by Crippen LogP contribution is -2.02. The average Bonchev–Trinajstić information content (AvgIpc) is 2.54. The van der Waals surface area contributed by atoms with E-state index >= 15 is 0 Å². The van der Waals surface area contributed by atoms with Gasteiger partial charge in [0, 0.05) is 12.0 Å². The molecular weight excluding hydrogens is 300 g/mol. The summed E-state index contributed by atoms with van der Waals surface area (Å²) < 4.78 is 5.16. The van der Waals surface area contributed by atoms with Gasteiger partial charge in [0.25, 0.3) is 0 Å². The zero-order chi connectivity index (χ0) is 17.6. The highest BCUT2D eigenvalue weighted by Crippen LogP contribution is 2.23. The summed E-state index contributed by atoms with van der Waals surface area (Å²) >= 11 is 0. The summed E-state index contributed by atoms with van der Waals surface area (Å²) in [6.45, 7) is 4.32. The molecule has 3 nitrogen and oxygen atoms in total. The van der Waals surface area contributed by atoms with E-state index in [-0.39, 0.29) is 11.7 Å². The molecule has 0 amide bonds. The van der Waals surface area contributed by atoms with Crippen LogP contribution in [-0.4, -0.2) is 5.11 Å². The van der Waals surface area contributed by atoms with E-state index in [2.05, 4.69) is 13.8 Å². The van der Waals surface area contributed by atoms with Gasteiger partial charge in [0.15, 0.2) is 0 Å². The fourth-order valence-corrected chi connectivity index (χ4v) is 3.16. The molecule has 1 atom stereocenters. The van der Waals surface area contributed by atoms with Crippen LogP contribution < -0.4 is 5.63 Å². The van der Waals surface area contributed by atoms with Gasteiger partial charge in [-0.25, -0.2) is 4.79 Å². The van der Waals surface area contributed by atoms with Crippen molar-refractivity contribution in [2.75, 3.05) is 0 Å². The zero-order valence-corrected chi connectivity index (χ0v) is 15.7. The lowest BCUT2D eigenvalue weighted by atomic mass is 9.99. The van der Waals surface area contributed by atoms with Gasteiger partial charge in [-0.3, -0.25) is 0 Å². The Kier molecular flexibility index (Phi) is 11.3. The molecule has 24 heavy (non-hydrogen) atoms. The van der Waals surface area contributed by atoms with Crippen molar-refractivity contribution in [3.05, 3.63) is 28.3 Å². The summed E-state index contributed by atoms with van der Waals surface area (Å²) in [5, 5.41) is 9.46. The third kappa shape index (κ3) is 9.79. The Morgan fingerprint density at radius 3 is 1.88 bits per heavy atom. The highest BCUT2D eigenvalue weighted by atomic mass is 16.4. The fraction of sp³-hybridized carbons (Fsp3) is 0.762. The predicted octanol–water partition coefficient (Wildman–Crippen LogP) is 6.54. The maximum absolute atomic E-state index is 11.3. The molecule has 0 aliphatic heterocycles. The first-order chi connectivity index (χ1) is 11.6. The molecule has 0 saturated heterocycles. The van der Waals surface area contributed by atoms with Crippen LogP contribution >= 0.6 is 0 Å². The van der Waals surface area contributed by atoms with Crippen molar-refractivity contribution in [1.29, 1.82) is 0 Å². The van der Waals surface area contributed by atoms with Gasteiger partial charge in [-0.1, -0.05) is 90.9 Å². The Hall–Kier alpha value is -1.25. The van der Waals surface area contributed by atoms with Crippen molar-refractivity contribution in [3.63, 3.8) is 0 Å². The first kappa shape index (κ1) is 20.8. The molecule has 0 aromatic carbocycles. The van der Waals surface area contributed by atoms with Crippen LogP contribution in [-0.2, 0) is 0 Å². The molecule has 1 aromatic heterocycles. The van der Waals surface area contributed by atoms with Crippen molar-refractivity contribution >= 4 is 0 Å². The Balaban J connectivity index is 1.97. The van der Waals surface area contributed by atoms with E-state index in [9.17, 15) is 9.90 Å². The molecule has 0 bridgehead atoms. The molecule has 1 aromatic rings. The molecule has 3 heteroatoms. The Bertz CT molecular complexity index is 478. The molecular formula is C21H36O3. The van der Waals surface area contributed by atoms with Gasteiger partial charge in [-0.2, -0.15) is 0 Å². The molecule has 0 fully saturated rings. The van der Waals surface area contributed by atoms with Gasteiger partial charge >= 0.3 is 5.63 Å². The van der Waals surface area contributed by atoms with Crippen LogP contribution in [0.5, 0.6) is 5.75 Å². The van der Waals surface area contributed by atoms with E-state index in [1.807, 2.05) is 0 Å². The molecule has 0 aliphatic rings. The smallest absolute Gasteiger partial charge is 0.339 e. The van der Waals surface area contributed by atoms with Crippen molar-refractivity contribution in [2.24, 2.45) is 0 Å². The van der Waals surface area contributed by atoms with Gasteiger partial charge in [0.05, 0.1) is 6.07 Å². The van der Waals surface area contributed by atoms with Crippen molar-refractivity contribution in [2.45, 2.75) is 103 Å². The summed E-state index contributed by atoms with van der Waals surface area (Å²) in [4.78, 5) is 11.3. The number of rotatable bonds is 14. The van der Waals surface area contributed by atoms with E-state index in [1.165, 1.54) is 70.6 Å². The van der Waals surface area contributed by atoms with Gasteiger partial charge < -0.3 is 9.52 Å². The molecule has 1 heterocycles. The van der Waals surface area contributed by atoms with Crippen LogP contribution in [0.4, 0.5) is 0 Å². The standard InChI is InChI=1S/C21H36O3/c1-3-4-5-6-7-8-9-10-11-12-13-14-15-18(2)20-16-19(22)17-21(23)24-20/h16-18,22H,3-15H2,1-2H3. The highest BCUT2D eigenvalue weighted by Gasteiger charge is 2.10. The largest absolute Gasteiger partial charge is 0.508 e. The van der Waals surface area contributed by atoms with E-state index in [4.69, 9.17) is 4.42 Å². The number of aromatic hydroxyl groups is 1. The molecule has 0 spiro atoms. The minimum atomic E-state index is -0.466. The molecule has 1 rings (SSSR count). The molecule has 0 saturated carbocycles. The number of unbranched alkanes of at least 4 members (excludes halogenated alkanes) is 11. The van der Waals surface area contributed by atoms with Gasteiger partial charge in [0.2, 0.25) is 0 Å². The third-order valence-corrected chi connectivity index (χ3v) is 4.75. The Labute approximate surface area is 147 Å². The van der Waals surface area contributed by atoms with Crippen molar-refractivity contribution in [3.8, 4) is 5.75 Å². The first-order valence-corrected chi connectivity index (χ1v) is 9.97. The maximum Gasteiger partial charge on any atom is 0.339 e. The number of hydrogen-bond donors (Lipinski definition) is 1. The minimum Gasteiger partial charge on any atom is -0.508 e. The monoisotopic (exact) mass is 336 g/mol. The Morgan fingerprint density at radius 1 is 0.875 bits per heavy atom. The highest BCUT2D eigenvalue weighted by molar-refractivity contribution is 5.20. The summed E-state index contributed by atoms with van der Waals surface area (Å²) in [5.41, 5.74) is -0.466. The SMILES string of the molecule is CCCCCCCCCCCCCCC(C)c1cc(O)cc(=O)o1. The Morgan fingerprint density at radius 2 is 1.38 bits per heavy atom. The predicted molar refractivity (Wildman–Crippen MR) is 101 cm³/mol. The van der Waals surface area contributed by atoms with Crippen molar-refractivity contribution < 1.29 is 9.52 Å². The molecule has 1 N–H and O–H groups in total. The van der Waals surface area contributed by atoms with Gasteiger partial charge in [-0.05, 0) is 6.42 Å². The summed E-state index contributed by atoms with van der Waals surface area (Å²) in [6, 6.07) is 2.67. The summed E-state index contributed by atoms with van der Waals surface area (Å²) in [5.74, 6) is 0.791. The van der Waals surface area contributed by atoms with Crippen LogP contribution in [0.15, 0.2) is 21.3 Å². The fourth-order valence-electron chi connectivity index (χ4n) is 3.16. The second-order valence-corrected chi connectivity index (χ2v) is 7.12. The van der Waals surface area contributed by atoms with Crippen LogP contribution in [0.2, 0.25) is 0 Å². The molecule has 0 aliphatic carbocycles. The molecule has 1 unspecified atom stereocenters. The average molecular weight is 337 g/mol. The molecule has 0 radical (unpaired) electrons. The lowest BCUT2D eigenvalue weighted by molar-refractivity contribution is 0.394. The van der Waals surface area contributed by atoms with Crippen LogP contribution in [0, 0.1) is 0 Å². The van der Waals surface area contributed by atoms with Crippen LogP contribution in [0.3, 0.4) is 0 Å².